The Labute approximate surface area is 107 Å². The summed E-state index contributed by atoms with van der Waals surface area (Å²) in [7, 11) is 0. The fraction of sp³-hybridized carbons (Fsp3) is 1.00. The van der Waals surface area contributed by atoms with Crippen LogP contribution in [0.2, 0.25) is 0 Å². The van der Waals surface area contributed by atoms with Gasteiger partial charge in [-0.05, 0) is 33.6 Å². The predicted molar refractivity (Wildman–Crippen MR) is 71.4 cm³/mol. The Morgan fingerprint density at radius 1 is 0.765 bits per heavy atom. The first-order valence-corrected chi connectivity index (χ1v) is 6.94. The second-order valence-electron chi connectivity index (χ2n) is 4.73. The molecular weight excluding hydrogens is 216 g/mol. The van der Waals surface area contributed by atoms with Crippen molar-refractivity contribution in [2.45, 2.75) is 72.2 Å². The lowest BCUT2D eigenvalue weighted by Crippen LogP contribution is -2.25. The maximum absolute atomic E-state index is 5.68. The fourth-order valence-electron chi connectivity index (χ4n) is 1.24. The van der Waals surface area contributed by atoms with Crippen LogP contribution in [-0.2, 0) is 14.2 Å². The van der Waals surface area contributed by atoms with Crippen LogP contribution in [0.5, 0.6) is 0 Å². The lowest BCUT2D eigenvalue weighted by Gasteiger charge is -2.19. The van der Waals surface area contributed by atoms with Crippen molar-refractivity contribution < 1.29 is 14.2 Å². The van der Waals surface area contributed by atoms with Crippen LogP contribution in [0, 0.1) is 0 Å². The largest absolute Gasteiger partial charge is 0.376 e. The zero-order chi connectivity index (χ0) is 13.1. The van der Waals surface area contributed by atoms with E-state index in [1.54, 1.807) is 0 Å². The van der Waals surface area contributed by atoms with Crippen molar-refractivity contribution in [1.29, 1.82) is 0 Å². The van der Waals surface area contributed by atoms with Crippen molar-refractivity contribution in [2.24, 2.45) is 0 Å². The van der Waals surface area contributed by atoms with Gasteiger partial charge in [0.15, 0.2) is 0 Å². The molecule has 3 nitrogen and oxygen atoms in total. The van der Waals surface area contributed by atoms with Crippen LogP contribution >= 0.6 is 0 Å². The van der Waals surface area contributed by atoms with Crippen LogP contribution in [0.15, 0.2) is 0 Å². The predicted octanol–water partition coefficient (Wildman–Crippen LogP) is 3.41. The Balaban J connectivity index is 3.44. The molecule has 3 atom stereocenters. The van der Waals surface area contributed by atoms with E-state index in [-0.39, 0.29) is 12.2 Å². The Morgan fingerprint density at radius 2 is 1.29 bits per heavy atom. The van der Waals surface area contributed by atoms with Crippen molar-refractivity contribution in [3.63, 3.8) is 0 Å². The zero-order valence-corrected chi connectivity index (χ0v) is 12.2. The van der Waals surface area contributed by atoms with Crippen molar-refractivity contribution in [1.82, 2.24) is 0 Å². The van der Waals surface area contributed by atoms with Gasteiger partial charge in [-0.2, -0.15) is 0 Å². The topological polar surface area (TPSA) is 27.7 Å². The highest BCUT2D eigenvalue weighted by atomic mass is 16.6. The maximum atomic E-state index is 5.68. The van der Waals surface area contributed by atoms with Crippen molar-refractivity contribution in [3.8, 4) is 0 Å². The molecule has 0 heterocycles. The zero-order valence-electron chi connectivity index (χ0n) is 12.2. The molecule has 104 valence electrons. The van der Waals surface area contributed by atoms with Crippen LogP contribution in [0.25, 0.3) is 0 Å². The second kappa shape index (κ2) is 11.0. The highest BCUT2D eigenvalue weighted by molar-refractivity contribution is 4.54. The van der Waals surface area contributed by atoms with E-state index in [0.29, 0.717) is 19.3 Å². The van der Waals surface area contributed by atoms with Crippen LogP contribution in [0.3, 0.4) is 0 Å². The quantitative estimate of drug-likeness (QED) is 0.523. The maximum Gasteiger partial charge on any atom is 0.0781 e. The van der Waals surface area contributed by atoms with Crippen molar-refractivity contribution >= 4 is 0 Å². The molecule has 0 aliphatic carbocycles. The Hall–Kier alpha value is -0.120. The molecule has 0 fully saturated rings. The first kappa shape index (κ1) is 16.9. The van der Waals surface area contributed by atoms with Gasteiger partial charge >= 0.3 is 0 Å². The third-order valence-electron chi connectivity index (χ3n) is 2.71. The van der Waals surface area contributed by atoms with E-state index >= 15 is 0 Å². The Morgan fingerprint density at radius 3 is 1.82 bits per heavy atom. The second-order valence-corrected chi connectivity index (χ2v) is 4.73. The first-order valence-electron chi connectivity index (χ1n) is 6.94. The molecule has 0 amide bonds. The van der Waals surface area contributed by atoms with E-state index in [1.165, 1.54) is 6.42 Å². The summed E-state index contributed by atoms with van der Waals surface area (Å²) in [4.78, 5) is 0. The van der Waals surface area contributed by atoms with Crippen LogP contribution < -0.4 is 0 Å². The lowest BCUT2D eigenvalue weighted by molar-refractivity contribution is -0.0684. The van der Waals surface area contributed by atoms with Gasteiger partial charge in [-0.15, -0.1) is 0 Å². The number of hydrogen-bond acceptors (Lipinski definition) is 3. The summed E-state index contributed by atoms with van der Waals surface area (Å²) in [5.41, 5.74) is 0. The Bertz CT molecular complexity index is 162. The molecule has 0 aromatic carbocycles. The number of rotatable bonds is 11. The average Bonchev–Trinajstić information content (AvgIpc) is 2.33. The van der Waals surface area contributed by atoms with Crippen molar-refractivity contribution in [3.05, 3.63) is 0 Å². The average molecular weight is 246 g/mol. The number of ether oxygens (including phenoxy) is 3. The molecule has 0 aromatic rings. The summed E-state index contributed by atoms with van der Waals surface area (Å²) in [6.45, 7) is 12.6. The van der Waals surface area contributed by atoms with Crippen LogP contribution in [0.4, 0.5) is 0 Å². The molecule has 0 saturated heterocycles. The van der Waals surface area contributed by atoms with Gasteiger partial charge in [-0.1, -0.05) is 20.3 Å². The van der Waals surface area contributed by atoms with Gasteiger partial charge in [0, 0.05) is 6.61 Å². The molecule has 0 aliphatic heterocycles. The minimum absolute atomic E-state index is 0.140. The molecule has 0 aliphatic rings. The van der Waals surface area contributed by atoms with E-state index in [0.717, 1.165) is 19.4 Å². The Kier molecular flexibility index (Phi) is 10.9. The summed E-state index contributed by atoms with van der Waals surface area (Å²) in [5.74, 6) is 0. The molecule has 0 N–H and O–H groups in total. The van der Waals surface area contributed by atoms with Gasteiger partial charge in [-0.3, -0.25) is 0 Å². The standard InChI is InChI=1S/C14H30O3/c1-6-8-9-15-13(4)10-17-14(5)11-16-12(3)7-2/h12-14H,6-11H2,1-5H3. The number of unbranched alkanes of at least 4 members (excludes halogenated alkanes) is 1. The minimum Gasteiger partial charge on any atom is -0.376 e. The highest BCUT2D eigenvalue weighted by Crippen LogP contribution is 2.02. The van der Waals surface area contributed by atoms with E-state index < -0.39 is 0 Å². The molecule has 0 radical (unpaired) electrons. The van der Waals surface area contributed by atoms with Gasteiger partial charge in [0.05, 0.1) is 31.5 Å². The smallest absolute Gasteiger partial charge is 0.0781 e. The third kappa shape index (κ3) is 10.7. The molecule has 0 spiro atoms. The van der Waals surface area contributed by atoms with Gasteiger partial charge in [-0.25, -0.2) is 0 Å². The van der Waals surface area contributed by atoms with Crippen molar-refractivity contribution in [2.75, 3.05) is 19.8 Å². The van der Waals surface area contributed by atoms with Crippen LogP contribution in [0.1, 0.15) is 53.9 Å². The summed E-state index contributed by atoms with van der Waals surface area (Å²) < 4.78 is 16.9. The van der Waals surface area contributed by atoms with Gasteiger partial charge in [0.25, 0.3) is 0 Å². The molecule has 0 bridgehead atoms. The SMILES string of the molecule is CCCCOC(C)COC(C)COC(C)CC. The van der Waals surface area contributed by atoms with Gasteiger partial charge in [0.1, 0.15) is 0 Å². The molecule has 3 heteroatoms. The molecule has 3 unspecified atom stereocenters. The molecule has 0 aromatic heterocycles. The minimum atomic E-state index is 0.140. The summed E-state index contributed by atoms with van der Waals surface area (Å²) in [5, 5.41) is 0. The normalized spacial score (nSPS) is 16.8. The van der Waals surface area contributed by atoms with E-state index in [2.05, 4.69) is 27.7 Å². The number of hydrogen-bond donors (Lipinski definition) is 0. The van der Waals surface area contributed by atoms with Gasteiger partial charge < -0.3 is 14.2 Å². The molecule has 0 rings (SSSR count). The van der Waals surface area contributed by atoms with E-state index in [9.17, 15) is 0 Å². The third-order valence-corrected chi connectivity index (χ3v) is 2.71. The van der Waals surface area contributed by atoms with Gasteiger partial charge in [0.2, 0.25) is 0 Å². The fourth-order valence-corrected chi connectivity index (χ4v) is 1.24. The first-order chi connectivity index (χ1) is 8.10. The van der Waals surface area contributed by atoms with Crippen LogP contribution in [-0.4, -0.2) is 38.1 Å². The summed E-state index contributed by atoms with van der Waals surface area (Å²) >= 11 is 0. The summed E-state index contributed by atoms with van der Waals surface area (Å²) in [6, 6.07) is 0. The summed E-state index contributed by atoms with van der Waals surface area (Å²) in [6.07, 6.45) is 3.97. The molecular formula is C14H30O3. The monoisotopic (exact) mass is 246 g/mol. The molecule has 0 saturated carbocycles. The van der Waals surface area contributed by atoms with E-state index in [4.69, 9.17) is 14.2 Å². The lowest BCUT2D eigenvalue weighted by atomic mass is 10.3. The molecule has 17 heavy (non-hydrogen) atoms. The highest BCUT2D eigenvalue weighted by Gasteiger charge is 2.08. The van der Waals surface area contributed by atoms with E-state index in [1.807, 2.05) is 6.92 Å².